The molecule has 13 heavy (non-hydrogen) atoms. The minimum atomic E-state index is -1.04. The normalized spacial score (nSPS) is 10.5. The Bertz CT molecular complexity index is 353. The molecule has 0 spiro atoms. The minimum absolute atomic E-state index is 0.0157. The summed E-state index contributed by atoms with van der Waals surface area (Å²) >= 11 is 0. The summed E-state index contributed by atoms with van der Waals surface area (Å²) in [6.07, 6.45) is 3.48. The number of carboxylic acid groups (broad SMARTS) is 1. The molecule has 1 aromatic rings. The van der Waals surface area contributed by atoms with Gasteiger partial charge in [-0.05, 0) is 19.1 Å². The first kappa shape index (κ1) is 9.32. The molecule has 0 saturated carbocycles. The Morgan fingerprint density at radius 2 is 2.15 bits per heavy atom. The van der Waals surface area contributed by atoms with Crippen molar-refractivity contribution < 1.29 is 15.0 Å². The van der Waals surface area contributed by atoms with E-state index >= 15 is 0 Å². The van der Waals surface area contributed by atoms with Crippen LogP contribution in [0, 0.1) is 0 Å². The van der Waals surface area contributed by atoms with E-state index in [1.807, 2.05) is 6.92 Å². The van der Waals surface area contributed by atoms with E-state index in [0.29, 0.717) is 5.56 Å². The molecule has 1 aromatic carbocycles. The lowest BCUT2D eigenvalue weighted by Gasteiger charge is -1.99. The molecule has 2 N–H and O–H groups in total. The Hall–Kier alpha value is -1.77. The molecule has 0 aliphatic carbocycles. The number of hydrogen-bond acceptors (Lipinski definition) is 2. The van der Waals surface area contributed by atoms with E-state index in [1.165, 1.54) is 12.1 Å². The van der Waals surface area contributed by atoms with Crippen LogP contribution in [0.15, 0.2) is 24.3 Å². The van der Waals surface area contributed by atoms with Crippen LogP contribution < -0.4 is 0 Å². The van der Waals surface area contributed by atoms with Crippen molar-refractivity contribution in [3.05, 3.63) is 35.4 Å². The highest BCUT2D eigenvalue weighted by Gasteiger charge is 2.04. The number of benzene rings is 1. The largest absolute Gasteiger partial charge is 0.507 e. The molecule has 0 unspecified atom stereocenters. The topological polar surface area (TPSA) is 57.5 Å². The second-order valence-corrected chi connectivity index (χ2v) is 2.58. The number of carbonyl (C=O) groups is 1. The molecule has 0 amide bonds. The van der Waals surface area contributed by atoms with Gasteiger partial charge in [0.2, 0.25) is 0 Å². The highest BCUT2D eigenvalue weighted by molar-refractivity contribution is 5.88. The van der Waals surface area contributed by atoms with Gasteiger partial charge in [-0.25, -0.2) is 4.79 Å². The lowest BCUT2D eigenvalue weighted by atomic mass is 10.1. The van der Waals surface area contributed by atoms with Crippen LogP contribution in [0.5, 0.6) is 5.75 Å². The third-order valence-electron chi connectivity index (χ3n) is 1.62. The average Bonchev–Trinajstić information content (AvgIpc) is 2.08. The monoisotopic (exact) mass is 178 g/mol. The van der Waals surface area contributed by atoms with Crippen molar-refractivity contribution >= 4 is 12.0 Å². The lowest BCUT2D eigenvalue weighted by molar-refractivity contribution is 0.0696. The van der Waals surface area contributed by atoms with E-state index in [2.05, 4.69) is 0 Å². The van der Waals surface area contributed by atoms with Gasteiger partial charge in [0.25, 0.3) is 0 Å². The molecule has 0 fully saturated rings. The molecule has 0 atom stereocenters. The fourth-order valence-corrected chi connectivity index (χ4v) is 0.997. The molecule has 68 valence electrons. The van der Waals surface area contributed by atoms with Crippen LogP contribution in [0.4, 0.5) is 0 Å². The van der Waals surface area contributed by atoms with Gasteiger partial charge in [-0.15, -0.1) is 0 Å². The number of carboxylic acids is 1. The molecule has 1 rings (SSSR count). The first-order valence-corrected chi connectivity index (χ1v) is 3.84. The number of aromatic carboxylic acids is 1. The van der Waals surface area contributed by atoms with Crippen LogP contribution in [-0.2, 0) is 0 Å². The Morgan fingerprint density at radius 1 is 1.46 bits per heavy atom. The number of phenolic OH excluding ortho intramolecular Hbond substituents is 1. The number of rotatable bonds is 2. The summed E-state index contributed by atoms with van der Waals surface area (Å²) in [6, 6.07) is 4.26. The maximum Gasteiger partial charge on any atom is 0.335 e. The third-order valence-corrected chi connectivity index (χ3v) is 1.62. The van der Waals surface area contributed by atoms with Gasteiger partial charge in [-0.1, -0.05) is 18.2 Å². The number of allylic oxidation sites excluding steroid dienone is 1. The molecular formula is C10H10O3. The molecule has 0 saturated heterocycles. The Balaban J connectivity index is 3.12. The fraction of sp³-hybridized carbons (Fsp3) is 0.100. The maximum atomic E-state index is 10.5. The molecular weight excluding hydrogens is 168 g/mol. The van der Waals surface area contributed by atoms with Crippen molar-refractivity contribution in [3.8, 4) is 5.75 Å². The van der Waals surface area contributed by atoms with E-state index in [0.717, 1.165) is 0 Å². The van der Waals surface area contributed by atoms with Gasteiger partial charge in [-0.2, -0.15) is 0 Å². The fourth-order valence-electron chi connectivity index (χ4n) is 0.997. The molecule has 3 heteroatoms. The van der Waals surface area contributed by atoms with Crippen molar-refractivity contribution in [2.24, 2.45) is 0 Å². The summed E-state index contributed by atoms with van der Waals surface area (Å²) < 4.78 is 0. The van der Waals surface area contributed by atoms with E-state index < -0.39 is 5.97 Å². The van der Waals surface area contributed by atoms with Crippen LogP contribution in [0.2, 0.25) is 0 Å². The number of phenols is 1. The average molecular weight is 178 g/mol. The summed E-state index contributed by atoms with van der Waals surface area (Å²) in [7, 11) is 0. The highest BCUT2D eigenvalue weighted by atomic mass is 16.4. The zero-order chi connectivity index (χ0) is 9.84. The quantitative estimate of drug-likeness (QED) is 0.729. The van der Waals surface area contributed by atoms with Gasteiger partial charge in [0.05, 0.1) is 5.56 Å². The summed E-state index contributed by atoms with van der Waals surface area (Å²) in [5.74, 6) is -1.06. The Morgan fingerprint density at radius 3 is 2.62 bits per heavy atom. The molecule has 0 aliphatic heterocycles. The van der Waals surface area contributed by atoms with Gasteiger partial charge >= 0.3 is 5.97 Å². The SMILES string of the molecule is C/C=C/c1ccc(C(=O)O)cc1O. The zero-order valence-corrected chi connectivity index (χ0v) is 7.19. The summed E-state index contributed by atoms with van der Waals surface area (Å²) in [5.41, 5.74) is 0.707. The van der Waals surface area contributed by atoms with Gasteiger partial charge < -0.3 is 10.2 Å². The van der Waals surface area contributed by atoms with Crippen molar-refractivity contribution in [1.82, 2.24) is 0 Å². The van der Waals surface area contributed by atoms with Gasteiger partial charge in [0.1, 0.15) is 5.75 Å². The second kappa shape index (κ2) is 3.76. The van der Waals surface area contributed by atoms with E-state index in [1.54, 1.807) is 18.2 Å². The predicted octanol–water partition coefficient (Wildman–Crippen LogP) is 2.12. The van der Waals surface area contributed by atoms with Crippen LogP contribution in [0.25, 0.3) is 6.08 Å². The predicted molar refractivity (Wildman–Crippen MR) is 49.8 cm³/mol. The summed E-state index contributed by atoms with van der Waals surface area (Å²) in [4.78, 5) is 10.5. The molecule has 0 aliphatic rings. The van der Waals surface area contributed by atoms with Crippen molar-refractivity contribution in [1.29, 1.82) is 0 Å². The summed E-state index contributed by atoms with van der Waals surface area (Å²) in [6.45, 7) is 1.82. The van der Waals surface area contributed by atoms with E-state index in [9.17, 15) is 9.90 Å². The molecule has 3 nitrogen and oxygen atoms in total. The van der Waals surface area contributed by atoms with Crippen molar-refractivity contribution in [2.75, 3.05) is 0 Å². The van der Waals surface area contributed by atoms with Gasteiger partial charge in [-0.3, -0.25) is 0 Å². The van der Waals surface area contributed by atoms with Crippen LogP contribution in [0.3, 0.4) is 0 Å². The second-order valence-electron chi connectivity index (χ2n) is 2.58. The molecule has 0 bridgehead atoms. The minimum Gasteiger partial charge on any atom is -0.507 e. The van der Waals surface area contributed by atoms with Crippen molar-refractivity contribution in [2.45, 2.75) is 6.92 Å². The zero-order valence-electron chi connectivity index (χ0n) is 7.19. The first-order valence-electron chi connectivity index (χ1n) is 3.84. The van der Waals surface area contributed by atoms with Gasteiger partial charge in [0, 0.05) is 5.56 Å². The number of aromatic hydroxyl groups is 1. The van der Waals surface area contributed by atoms with Gasteiger partial charge in [0.15, 0.2) is 0 Å². The van der Waals surface area contributed by atoms with Crippen LogP contribution in [0.1, 0.15) is 22.8 Å². The molecule has 0 heterocycles. The summed E-state index contributed by atoms with van der Waals surface area (Å²) in [5, 5.41) is 18.0. The molecule has 0 aromatic heterocycles. The van der Waals surface area contributed by atoms with E-state index in [-0.39, 0.29) is 11.3 Å². The first-order chi connectivity index (χ1) is 6.15. The third kappa shape index (κ3) is 2.08. The highest BCUT2D eigenvalue weighted by Crippen LogP contribution is 2.19. The van der Waals surface area contributed by atoms with E-state index in [4.69, 9.17) is 5.11 Å². The Labute approximate surface area is 76.0 Å². The molecule has 0 radical (unpaired) electrons. The number of hydrogen-bond donors (Lipinski definition) is 2. The lowest BCUT2D eigenvalue weighted by Crippen LogP contribution is -1.95. The maximum absolute atomic E-state index is 10.5. The van der Waals surface area contributed by atoms with Crippen molar-refractivity contribution in [3.63, 3.8) is 0 Å². The van der Waals surface area contributed by atoms with Crippen LogP contribution in [-0.4, -0.2) is 16.2 Å². The standard InChI is InChI=1S/C10H10O3/c1-2-3-7-4-5-8(10(12)13)6-9(7)11/h2-6,11H,1H3,(H,12,13)/b3-2+. The smallest absolute Gasteiger partial charge is 0.335 e. The Kier molecular flexibility index (Phi) is 2.69. The van der Waals surface area contributed by atoms with Crippen LogP contribution >= 0.6 is 0 Å².